The Morgan fingerprint density at radius 1 is 0.971 bits per heavy atom. The molecule has 2 aliphatic rings. The number of carbonyl (C=O) groups excluding carboxylic acids is 2. The molecule has 3 amide bonds. The minimum absolute atomic E-state index is 0.0668. The summed E-state index contributed by atoms with van der Waals surface area (Å²) in [6, 6.07) is 18.9. The summed E-state index contributed by atoms with van der Waals surface area (Å²) in [4.78, 5) is 29.6. The molecule has 5 nitrogen and oxygen atoms in total. The largest absolute Gasteiger partial charge is 0.334 e. The van der Waals surface area contributed by atoms with Crippen LogP contribution in [0.25, 0.3) is 0 Å². The summed E-state index contributed by atoms with van der Waals surface area (Å²) in [6.45, 7) is 1.03. The highest BCUT2D eigenvalue weighted by Crippen LogP contribution is 2.57. The smallest absolute Gasteiger partial charge is 0.317 e. The van der Waals surface area contributed by atoms with Crippen molar-refractivity contribution >= 4 is 29.2 Å². The second kappa shape index (κ2) is 9.30. The highest BCUT2D eigenvalue weighted by atomic mass is 35.5. The summed E-state index contributed by atoms with van der Waals surface area (Å²) in [5.74, 6) is -0.824. The zero-order valence-electron chi connectivity index (χ0n) is 18.9. The van der Waals surface area contributed by atoms with Gasteiger partial charge in [0.05, 0.1) is 11.5 Å². The number of anilines is 1. The van der Waals surface area contributed by atoms with Crippen LogP contribution in [0.4, 0.5) is 19.3 Å². The van der Waals surface area contributed by atoms with Crippen LogP contribution < -0.4 is 10.2 Å². The van der Waals surface area contributed by atoms with Gasteiger partial charge in [-0.05, 0) is 66.4 Å². The fourth-order valence-electron chi connectivity index (χ4n) is 5.19. The summed E-state index contributed by atoms with van der Waals surface area (Å²) in [5.41, 5.74) is 1.42. The van der Waals surface area contributed by atoms with E-state index in [0.717, 1.165) is 5.56 Å². The lowest BCUT2D eigenvalue weighted by Gasteiger charge is -2.59. The maximum Gasteiger partial charge on any atom is 0.317 e. The zero-order valence-corrected chi connectivity index (χ0v) is 19.6. The zero-order chi connectivity index (χ0) is 24.6. The van der Waals surface area contributed by atoms with E-state index in [1.807, 2.05) is 12.1 Å². The molecule has 2 heterocycles. The standard InChI is InChI=1S/C27H24ClF2N3O2/c28-20-9-7-19(8-10-20)24-27(25(34)33(24)23-6-2-5-22(30)16-23)11-13-32(14-12-27)26(35)31-17-18-3-1-4-21(29)15-18/h1-10,15-16,24H,11-14,17H2,(H,31,35). The van der Waals surface area contributed by atoms with Crippen molar-refractivity contribution < 1.29 is 18.4 Å². The summed E-state index contributed by atoms with van der Waals surface area (Å²) in [7, 11) is 0. The molecule has 0 aliphatic carbocycles. The van der Waals surface area contributed by atoms with Crippen LogP contribution in [-0.2, 0) is 11.3 Å². The van der Waals surface area contributed by atoms with E-state index in [2.05, 4.69) is 5.32 Å². The molecule has 2 fully saturated rings. The molecule has 0 saturated carbocycles. The number of nitrogens with one attached hydrogen (secondary N) is 1. The molecule has 3 aromatic carbocycles. The number of carbonyl (C=O) groups is 2. The second-order valence-electron chi connectivity index (χ2n) is 9.04. The van der Waals surface area contributed by atoms with E-state index in [1.165, 1.54) is 24.3 Å². The number of halogens is 3. The van der Waals surface area contributed by atoms with Crippen LogP contribution in [0.5, 0.6) is 0 Å². The quantitative estimate of drug-likeness (QED) is 0.472. The first kappa shape index (κ1) is 23.3. The lowest BCUT2D eigenvalue weighted by atomic mass is 9.62. The normalized spacial score (nSPS) is 18.9. The van der Waals surface area contributed by atoms with Crippen LogP contribution in [0.2, 0.25) is 5.02 Å². The second-order valence-corrected chi connectivity index (χ2v) is 9.48. The van der Waals surface area contributed by atoms with E-state index >= 15 is 0 Å². The molecule has 0 aromatic heterocycles. The molecule has 0 bridgehead atoms. The maximum absolute atomic E-state index is 14.0. The first-order chi connectivity index (χ1) is 16.9. The van der Waals surface area contributed by atoms with Gasteiger partial charge < -0.3 is 15.1 Å². The molecular weight excluding hydrogens is 472 g/mol. The Bertz CT molecular complexity index is 1260. The Hall–Kier alpha value is -3.45. The molecule has 3 aromatic rings. The molecule has 8 heteroatoms. The van der Waals surface area contributed by atoms with Crippen molar-refractivity contribution in [3.8, 4) is 0 Å². The van der Waals surface area contributed by atoms with Crippen molar-refractivity contribution in [1.82, 2.24) is 10.2 Å². The highest BCUT2D eigenvalue weighted by Gasteiger charge is 2.62. The minimum Gasteiger partial charge on any atom is -0.334 e. The molecule has 1 N–H and O–H groups in total. The minimum atomic E-state index is -0.681. The molecule has 180 valence electrons. The molecule has 2 aliphatic heterocycles. The first-order valence-electron chi connectivity index (χ1n) is 11.5. The fraction of sp³-hybridized carbons (Fsp3) is 0.259. The van der Waals surface area contributed by atoms with Crippen molar-refractivity contribution in [3.05, 3.63) is 101 Å². The fourth-order valence-corrected chi connectivity index (χ4v) is 5.32. The average molecular weight is 496 g/mol. The monoisotopic (exact) mass is 495 g/mol. The lowest BCUT2D eigenvalue weighted by molar-refractivity contribution is -0.144. The van der Waals surface area contributed by atoms with E-state index in [0.29, 0.717) is 42.2 Å². The molecular formula is C27H24ClF2N3O2. The van der Waals surface area contributed by atoms with Gasteiger partial charge in [-0.1, -0.05) is 41.9 Å². The predicted molar refractivity (Wildman–Crippen MR) is 130 cm³/mol. The Labute approximate surface area is 207 Å². The van der Waals surface area contributed by atoms with Crippen LogP contribution in [-0.4, -0.2) is 29.9 Å². The molecule has 35 heavy (non-hydrogen) atoms. The van der Waals surface area contributed by atoms with Crippen molar-refractivity contribution in [2.45, 2.75) is 25.4 Å². The van der Waals surface area contributed by atoms with Crippen LogP contribution in [0, 0.1) is 17.0 Å². The number of likely N-dealkylation sites (tertiary alicyclic amines) is 1. The Balaban J connectivity index is 1.33. The SMILES string of the molecule is O=C(NCc1cccc(F)c1)N1CCC2(CC1)C(=O)N(c1cccc(F)c1)C2c1ccc(Cl)cc1. The summed E-state index contributed by atoms with van der Waals surface area (Å²) >= 11 is 6.09. The molecule has 0 radical (unpaired) electrons. The Morgan fingerprint density at radius 3 is 2.29 bits per heavy atom. The van der Waals surface area contributed by atoms with Crippen molar-refractivity contribution in [2.24, 2.45) is 5.41 Å². The Morgan fingerprint density at radius 2 is 1.63 bits per heavy atom. The number of amides is 3. The van der Waals surface area contributed by atoms with E-state index < -0.39 is 11.2 Å². The average Bonchev–Trinajstić information content (AvgIpc) is 2.86. The van der Waals surface area contributed by atoms with E-state index in [4.69, 9.17) is 11.6 Å². The van der Waals surface area contributed by atoms with Gasteiger partial charge in [0.2, 0.25) is 5.91 Å². The lowest BCUT2D eigenvalue weighted by Crippen LogP contribution is -2.67. The van der Waals surface area contributed by atoms with E-state index in [1.54, 1.807) is 46.2 Å². The third-order valence-electron chi connectivity index (χ3n) is 6.97. The number of piperidine rings is 1. The van der Waals surface area contributed by atoms with Crippen molar-refractivity contribution in [3.63, 3.8) is 0 Å². The van der Waals surface area contributed by atoms with Gasteiger partial charge in [0.15, 0.2) is 0 Å². The molecule has 1 spiro atoms. The number of urea groups is 1. The van der Waals surface area contributed by atoms with Gasteiger partial charge in [-0.2, -0.15) is 0 Å². The summed E-state index contributed by atoms with van der Waals surface area (Å²) in [5, 5.41) is 3.42. The topological polar surface area (TPSA) is 52.7 Å². The third kappa shape index (κ3) is 4.36. The maximum atomic E-state index is 14.0. The van der Waals surface area contributed by atoms with Crippen molar-refractivity contribution in [1.29, 1.82) is 0 Å². The first-order valence-corrected chi connectivity index (χ1v) is 11.9. The van der Waals surface area contributed by atoms with E-state index in [9.17, 15) is 18.4 Å². The molecule has 5 rings (SSSR count). The van der Waals surface area contributed by atoms with Gasteiger partial charge in [0, 0.05) is 30.3 Å². The van der Waals surface area contributed by atoms with Crippen LogP contribution in [0.3, 0.4) is 0 Å². The number of hydrogen-bond donors (Lipinski definition) is 1. The van der Waals surface area contributed by atoms with Gasteiger partial charge in [-0.3, -0.25) is 4.79 Å². The van der Waals surface area contributed by atoms with Crippen LogP contribution >= 0.6 is 11.6 Å². The molecule has 1 unspecified atom stereocenters. The predicted octanol–water partition coefficient (Wildman–Crippen LogP) is 5.70. The number of nitrogens with zero attached hydrogens (tertiary/aromatic N) is 2. The number of benzene rings is 3. The van der Waals surface area contributed by atoms with Gasteiger partial charge in [-0.15, -0.1) is 0 Å². The molecule has 1 atom stereocenters. The van der Waals surface area contributed by atoms with Crippen LogP contribution in [0.15, 0.2) is 72.8 Å². The van der Waals surface area contributed by atoms with Crippen LogP contribution in [0.1, 0.15) is 30.0 Å². The molecule has 2 saturated heterocycles. The summed E-state index contributed by atoms with van der Waals surface area (Å²) in [6.07, 6.45) is 0.969. The number of hydrogen-bond acceptors (Lipinski definition) is 2. The Kier molecular flexibility index (Phi) is 6.19. The van der Waals surface area contributed by atoms with Gasteiger partial charge in [-0.25, -0.2) is 13.6 Å². The van der Waals surface area contributed by atoms with Gasteiger partial charge >= 0.3 is 6.03 Å². The number of β-lactam (4-membered cyclic amide) rings is 1. The summed E-state index contributed by atoms with van der Waals surface area (Å²) < 4.78 is 27.4. The van der Waals surface area contributed by atoms with E-state index in [-0.39, 0.29) is 30.3 Å². The number of rotatable bonds is 4. The third-order valence-corrected chi connectivity index (χ3v) is 7.23. The van der Waals surface area contributed by atoms with Crippen molar-refractivity contribution in [2.75, 3.05) is 18.0 Å². The van der Waals surface area contributed by atoms with Gasteiger partial charge in [0.25, 0.3) is 0 Å². The highest BCUT2D eigenvalue weighted by molar-refractivity contribution is 6.30. The van der Waals surface area contributed by atoms with Gasteiger partial charge in [0.1, 0.15) is 11.6 Å².